The molecule has 4 N–H and O–H groups in total. The van der Waals surface area contributed by atoms with Gasteiger partial charge in [-0.05, 0) is 38.3 Å². The van der Waals surface area contributed by atoms with Crippen LogP contribution >= 0.6 is 0 Å². The highest BCUT2D eigenvalue weighted by molar-refractivity contribution is 6.11. The molecule has 1 saturated carbocycles. The summed E-state index contributed by atoms with van der Waals surface area (Å²) in [4.78, 5) is 37.9. The van der Waals surface area contributed by atoms with Crippen LogP contribution in [0.5, 0.6) is 0 Å². The molecule has 0 radical (unpaired) electrons. The van der Waals surface area contributed by atoms with Crippen LogP contribution < -0.4 is 16.4 Å². The Labute approximate surface area is 153 Å². The largest absolute Gasteiger partial charge is 0.369 e. The molecule has 1 aromatic carbocycles. The predicted octanol–water partition coefficient (Wildman–Crippen LogP) is 2.39. The lowest BCUT2D eigenvalue weighted by Crippen LogP contribution is -2.56. The molecule has 3 amide bonds. The number of allylic oxidation sites excluding steroid dienone is 1. The molecule has 1 unspecified atom stereocenters. The van der Waals surface area contributed by atoms with Gasteiger partial charge in [0.1, 0.15) is 5.92 Å². The molecule has 26 heavy (non-hydrogen) atoms. The quantitative estimate of drug-likeness (QED) is 0.726. The number of carbonyl (C=O) groups is 3. The summed E-state index contributed by atoms with van der Waals surface area (Å²) in [7, 11) is 0. The van der Waals surface area contributed by atoms with Gasteiger partial charge in [-0.2, -0.15) is 0 Å². The molecule has 1 heterocycles. The molecule has 1 aromatic rings. The van der Waals surface area contributed by atoms with E-state index < -0.39 is 23.1 Å². The monoisotopic (exact) mass is 355 g/mol. The first kappa shape index (κ1) is 18.2. The van der Waals surface area contributed by atoms with Crippen molar-refractivity contribution in [2.45, 2.75) is 46.0 Å². The van der Waals surface area contributed by atoms with Crippen LogP contribution in [0, 0.1) is 18.3 Å². The van der Waals surface area contributed by atoms with Gasteiger partial charge in [0.15, 0.2) is 0 Å². The Kier molecular flexibility index (Phi) is 4.85. The molecule has 1 spiro atoms. The summed E-state index contributed by atoms with van der Waals surface area (Å²) < 4.78 is 0. The minimum Gasteiger partial charge on any atom is -0.369 e. The summed E-state index contributed by atoms with van der Waals surface area (Å²) in [6.07, 6.45) is 3.99. The molecule has 1 atom stereocenters. The second-order valence-electron chi connectivity index (χ2n) is 7.31. The van der Waals surface area contributed by atoms with Gasteiger partial charge in [-0.25, -0.2) is 0 Å². The van der Waals surface area contributed by atoms with Crippen molar-refractivity contribution in [2.24, 2.45) is 17.1 Å². The lowest BCUT2D eigenvalue weighted by Gasteiger charge is -2.46. The van der Waals surface area contributed by atoms with Crippen molar-refractivity contribution >= 4 is 23.4 Å². The van der Waals surface area contributed by atoms with E-state index in [2.05, 4.69) is 10.6 Å². The van der Waals surface area contributed by atoms with Gasteiger partial charge >= 0.3 is 0 Å². The van der Waals surface area contributed by atoms with E-state index in [0.29, 0.717) is 24.1 Å². The Morgan fingerprint density at radius 1 is 1.15 bits per heavy atom. The van der Waals surface area contributed by atoms with Gasteiger partial charge in [0.05, 0.1) is 0 Å². The van der Waals surface area contributed by atoms with E-state index in [1.807, 2.05) is 31.2 Å². The van der Waals surface area contributed by atoms with Gasteiger partial charge in [0.2, 0.25) is 11.8 Å². The van der Waals surface area contributed by atoms with Crippen LogP contribution in [-0.4, -0.2) is 17.7 Å². The average molecular weight is 355 g/mol. The van der Waals surface area contributed by atoms with Crippen LogP contribution in [0.4, 0.5) is 5.69 Å². The van der Waals surface area contributed by atoms with Gasteiger partial charge < -0.3 is 16.4 Å². The summed E-state index contributed by atoms with van der Waals surface area (Å²) in [5, 5.41) is 5.65. The molecule has 6 heteroatoms. The van der Waals surface area contributed by atoms with Gasteiger partial charge in [0, 0.05) is 22.4 Å². The van der Waals surface area contributed by atoms with E-state index in [1.54, 1.807) is 6.92 Å². The smallest absolute Gasteiger partial charge is 0.253 e. The van der Waals surface area contributed by atoms with E-state index in [-0.39, 0.29) is 5.91 Å². The molecule has 138 valence electrons. The van der Waals surface area contributed by atoms with Crippen LogP contribution in [0.25, 0.3) is 0 Å². The maximum Gasteiger partial charge on any atom is 0.253 e. The lowest BCUT2D eigenvalue weighted by atomic mass is 9.59. The Morgan fingerprint density at radius 2 is 1.81 bits per heavy atom. The minimum atomic E-state index is -1.01. The Hall–Kier alpha value is -2.63. The summed E-state index contributed by atoms with van der Waals surface area (Å²) in [6, 6.07) is 7.52. The number of nitrogens with one attached hydrogen (secondary N) is 2. The zero-order valence-corrected chi connectivity index (χ0v) is 15.2. The fourth-order valence-electron chi connectivity index (χ4n) is 4.51. The predicted molar refractivity (Wildman–Crippen MR) is 98.9 cm³/mol. The van der Waals surface area contributed by atoms with E-state index in [1.165, 1.54) is 0 Å². The lowest BCUT2D eigenvalue weighted by molar-refractivity contribution is -0.140. The second-order valence-corrected chi connectivity index (χ2v) is 7.31. The number of amides is 3. The number of rotatable bonds is 3. The first-order chi connectivity index (χ1) is 12.4. The van der Waals surface area contributed by atoms with Gasteiger partial charge in [-0.3, -0.25) is 14.4 Å². The normalized spacial score (nSPS) is 22.1. The SMILES string of the molecule is CC1=C(C(=O)Nc2ccccc2C)C2(CCCCC2)C(C(N)=O)C(=O)N1. The van der Waals surface area contributed by atoms with E-state index in [4.69, 9.17) is 5.73 Å². The molecule has 0 saturated heterocycles. The molecular formula is C20H25N3O3. The maximum atomic E-state index is 13.2. The first-order valence-electron chi connectivity index (χ1n) is 9.05. The number of carbonyl (C=O) groups excluding carboxylic acids is 3. The van der Waals surface area contributed by atoms with Crippen molar-refractivity contribution in [1.29, 1.82) is 0 Å². The van der Waals surface area contributed by atoms with E-state index in [0.717, 1.165) is 30.5 Å². The van der Waals surface area contributed by atoms with Crippen molar-refractivity contribution < 1.29 is 14.4 Å². The average Bonchev–Trinajstić information content (AvgIpc) is 2.56. The number of anilines is 1. The van der Waals surface area contributed by atoms with Crippen molar-refractivity contribution in [2.75, 3.05) is 5.32 Å². The number of para-hydroxylation sites is 1. The van der Waals surface area contributed by atoms with Crippen molar-refractivity contribution in [3.05, 3.63) is 41.1 Å². The molecule has 2 aliphatic rings. The molecule has 0 aromatic heterocycles. The third-order valence-electron chi connectivity index (χ3n) is 5.65. The van der Waals surface area contributed by atoms with Gasteiger partial charge in [-0.1, -0.05) is 37.5 Å². The minimum absolute atomic E-state index is 0.273. The Balaban J connectivity index is 2.05. The standard InChI is InChI=1S/C20H25N3O3/c1-12-8-4-5-9-14(12)23-18(25)15-13(2)22-19(26)16(17(21)24)20(15)10-6-3-7-11-20/h4-5,8-9,16H,3,6-7,10-11H2,1-2H3,(H2,21,24)(H,22,26)(H,23,25). The molecule has 6 nitrogen and oxygen atoms in total. The number of hydrogen-bond acceptors (Lipinski definition) is 3. The second kappa shape index (κ2) is 6.94. The highest BCUT2D eigenvalue weighted by atomic mass is 16.2. The van der Waals surface area contributed by atoms with Crippen LogP contribution in [0.1, 0.15) is 44.6 Å². The topological polar surface area (TPSA) is 101 Å². The summed E-state index contributed by atoms with van der Waals surface area (Å²) >= 11 is 0. The van der Waals surface area contributed by atoms with Crippen molar-refractivity contribution in [1.82, 2.24) is 5.32 Å². The Morgan fingerprint density at radius 3 is 2.42 bits per heavy atom. The van der Waals surface area contributed by atoms with Crippen LogP contribution in [-0.2, 0) is 14.4 Å². The number of nitrogens with two attached hydrogens (primary N) is 1. The van der Waals surface area contributed by atoms with Crippen molar-refractivity contribution in [3.63, 3.8) is 0 Å². The zero-order chi connectivity index (χ0) is 18.9. The third kappa shape index (κ3) is 3.00. The number of benzene rings is 1. The molecule has 1 aliphatic heterocycles. The summed E-state index contributed by atoms with van der Waals surface area (Å²) in [5.74, 6) is -2.35. The first-order valence-corrected chi connectivity index (χ1v) is 9.05. The number of hydrogen-bond donors (Lipinski definition) is 3. The van der Waals surface area contributed by atoms with Crippen LogP contribution in [0.2, 0.25) is 0 Å². The number of primary amides is 1. The van der Waals surface area contributed by atoms with E-state index in [9.17, 15) is 14.4 Å². The molecule has 3 rings (SSSR count). The molecule has 0 bridgehead atoms. The van der Waals surface area contributed by atoms with Crippen LogP contribution in [0.15, 0.2) is 35.5 Å². The maximum absolute atomic E-state index is 13.2. The van der Waals surface area contributed by atoms with Gasteiger partial charge in [-0.15, -0.1) is 0 Å². The van der Waals surface area contributed by atoms with Crippen molar-refractivity contribution in [3.8, 4) is 0 Å². The van der Waals surface area contributed by atoms with Crippen LogP contribution in [0.3, 0.4) is 0 Å². The number of aryl methyl sites for hydroxylation is 1. The Bertz CT molecular complexity index is 791. The van der Waals surface area contributed by atoms with Gasteiger partial charge in [0.25, 0.3) is 5.91 Å². The molecule has 1 aliphatic carbocycles. The summed E-state index contributed by atoms with van der Waals surface area (Å²) in [5.41, 5.74) is 7.45. The highest BCUT2D eigenvalue weighted by Crippen LogP contribution is 2.51. The molecular weight excluding hydrogens is 330 g/mol. The fraction of sp³-hybridized carbons (Fsp3) is 0.450. The fourth-order valence-corrected chi connectivity index (χ4v) is 4.51. The molecule has 1 fully saturated rings. The zero-order valence-electron chi connectivity index (χ0n) is 15.2. The summed E-state index contributed by atoms with van der Waals surface area (Å²) in [6.45, 7) is 3.64. The third-order valence-corrected chi connectivity index (χ3v) is 5.65. The van der Waals surface area contributed by atoms with E-state index >= 15 is 0 Å². The highest BCUT2D eigenvalue weighted by Gasteiger charge is 2.54.